The fraction of sp³-hybridized carbons (Fsp3) is 0.444. The number of hydrogen-bond donors (Lipinski definition) is 2. The van der Waals surface area contributed by atoms with Gasteiger partial charge in [-0.15, -0.1) is 24.0 Å². The lowest BCUT2D eigenvalue weighted by Gasteiger charge is -2.10. The minimum Gasteiger partial charge on any atom is -0.493 e. The number of rotatable bonds is 8. The van der Waals surface area contributed by atoms with Crippen LogP contribution in [0.4, 0.5) is 0 Å². The maximum absolute atomic E-state index is 6.00. The number of nitrogens with two attached hydrogens (primary N) is 1. The van der Waals surface area contributed by atoms with Crippen LogP contribution in [0.1, 0.15) is 23.7 Å². The van der Waals surface area contributed by atoms with Gasteiger partial charge in [-0.1, -0.05) is 13.0 Å². The van der Waals surface area contributed by atoms with Gasteiger partial charge in [0.15, 0.2) is 17.5 Å². The van der Waals surface area contributed by atoms with Crippen LogP contribution < -0.4 is 25.3 Å². The maximum Gasteiger partial charge on any atom is 0.216 e. The van der Waals surface area contributed by atoms with Crippen LogP contribution in [-0.4, -0.2) is 37.1 Å². The summed E-state index contributed by atoms with van der Waals surface area (Å²) in [5.41, 5.74) is 8.94. The van der Waals surface area contributed by atoms with Crippen LogP contribution in [0.15, 0.2) is 23.2 Å². The Morgan fingerprint density at radius 3 is 2.48 bits per heavy atom. The van der Waals surface area contributed by atoms with Crippen molar-refractivity contribution in [2.45, 2.75) is 26.4 Å². The number of aliphatic imine (C=N–C) groups is 1. The van der Waals surface area contributed by atoms with E-state index in [4.69, 9.17) is 19.9 Å². The highest BCUT2D eigenvalue weighted by molar-refractivity contribution is 14.0. The van der Waals surface area contributed by atoms with E-state index in [-0.39, 0.29) is 24.0 Å². The third-order valence-corrected chi connectivity index (χ3v) is 4.03. The normalized spacial score (nSPS) is 10.9. The molecule has 0 aliphatic carbocycles. The number of guanidine groups is 1. The van der Waals surface area contributed by atoms with Gasteiger partial charge < -0.3 is 25.3 Å². The van der Waals surface area contributed by atoms with Crippen LogP contribution >= 0.6 is 24.0 Å². The SMILES string of the molecule is CCc1nn(C)c(OC)c1CNC(N)=NCc1ccc(OC)c(OC)c1.I. The molecule has 2 aromatic rings. The van der Waals surface area contributed by atoms with Crippen molar-refractivity contribution in [1.29, 1.82) is 0 Å². The summed E-state index contributed by atoms with van der Waals surface area (Å²) in [5.74, 6) is 2.43. The van der Waals surface area contributed by atoms with E-state index in [1.165, 1.54) is 0 Å². The topological polar surface area (TPSA) is 95.9 Å². The molecule has 0 atom stereocenters. The van der Waals surface area contributed by atoms with Gasteiger partial charge in [-0.2, -0.15) is 5.10 Å². The number of ether oxygens (including phenoxy) is 3. The Hall–Kier alpha value is -2.17. The second kappa shape index (κ2) is 10.9. The van der Waals surface area contributed by atoms with E-state index < -0.39 is 0 Å². The van der Waals surface area contributed by atoms with Gasteiger partial charge >= 0.3 is 0 Å². The first-order valence-corrected chi connectivity index (χ1v) is 8.37. The summed E-state index contributed by atoms with van der Waals surface area (Å²) < 4.78 is 17.7. The van der Waals surface area contributed by atoms with Crippen LogP contribution in [0.3, 0.4) is 0 Å². The Kier molecular flexibility index (Phi) is 9.19. The van der Waals surface area contributed by atoms with Crippen LogP contribution in [0, 0.1) is 0 Å². The number of benzene rings is 1. The largest absolute Gasteiger partial charge is 0.493 e. The molecule has 1 aromatic carbocycles. The van der Waals surface area contributed by atoms with Gasteiger partial charge in [0.1, 0.15) is 0 Å². The summed E-state index contributed by atoms with van der Waals surface area (Å²) in [6.45, 7) is 2.99. The zero-order chi connectivity index (χ0) is 19.1. The molecule has 0 aliphatic heterocycles. The molecule has 0 radical (unpaired) electrons. The number of hydrogen-bond acceptors (Lipinski definition) is 5. The molecule has 0 unspecified atom stereocenters. The van der Waals surface area contributed by atoms with Gasteiger partial charge in [0.25, 0.3) is 0 Å². The Bertz CT molecular complexity index is 777. The first-order valence-electron chi connectivity index (χ1n) is 8.37. The first-order chi connectivity index (χ1) is 12.5. The molecule has 0 amide bonds. The van der Waals surface area contributed by atoms with E-state index in [2.05, 4.69) is 22.3 Å². The van der Waals surface area contributed by atoms with Gasteiger partial charge in [0.2, 0.25) is 5.88 Å². The highest BCUT2D eigenvalue weighted by Crippen LogP contribution is 2.27. The summed E-state index contributed by atoms with van der Waals surface area (Å²) in [6, 6.07) is 5.66. The number of nitrogens with zero attached hydrogens (tertiary/aromatic N) is 3. The molecule has 0 bridgehead atoms. The predicted molar refractivity (Wildman–Crippen MR) is 116 cm³/mol. The smallest absolute Gasteiger partial charge is 0.216 e. The number of nitrogens with one attached hydrogen (secondary N) is 1. The molecule has 0 fully saturated rings. The zero-order valence-electron chi connectivity index (χ0n) is 16.4. The van der Waals surface area contributed by atoms with Crippen molar-refractivity contribution >= 4 is 29.9 Å². The Balaban J connectivity index is 0.00000364. The molecule has 9 heteroatoms. The van der Waals surface area contributed by atoms with Gasteiger partial charge in [-0.25, -0.2) is 9.67 Å². The molecular weight excluding hydrogens is 461 g/mol. The predicted octanol–water partition coefficient (Wildman–Crippen LogP) is 2.23. The van der Waals surface area contributed by atoms with E-state index >= 15 is 0 Å². The molecule has 0 spiro atoms. The number of aryl methyl sites for hydroxylation is 2. The monoisotopic (exact) mass is 489 g/mol. The van der Waals surface area contributed by atoms with Gasteiger partial charge in [0.05, 0.1) is 45.7 Å². The third-order valence-electron chi connectivity index (χ3n) is 4.03. The lowest BCUT2D eigenvalue weighted by atomic mass is 10.2. The minimum absolute atomic E-state index is 0. The van der Waals surface area contributed by atoms with Gasteiger partial charge in [-0.05, 0) is 24.1 Å². The molecule has 0 aliphatic rings. The summed E-state index contributed by atoms with van der Waals surface area (Å²) in [7, 11) is 6.70. The summed E-state index contributed by atoms with van der Waals surface area (Å²) in [4.78, 5) is 4.38. The average Bonchev–Trinajstić information content (AvgIpc) is 2.98. The molecule has 0 saturated heterocycles. The molecular formula is C18H28IN5O3. The molecule has 1 aromatic heterocycles. The van der Waals surface area contributed by atoms with Crippen molar-refractivity contribution in [1.82, 2.24) is 15.1 Å². The molecule has 1 heterocycles. The first kappa shape index (κ1) is 22.9. The van der Waals surface area contributed by atoms with Crippen molar-refractivity contribution < 1.29 is 14.2 Å². The van der Waals surface area contributed by atoms with E-state index in [0.717, 1.165) is 29.1 Å². The van der Waals surface area contributed by atoms with Gasteiger partial charge in [-0.3, -0.25) is 0 Å². The maximum atomic E-state index is 6.00. The van der Waals surface area contributed by atoms with Crippen molar-refractivity contribution in [3.05, 3.63) is 35.0 Å². The van der Waals surface area contributed by atoms with E-state index in [9.17, 15) is 0 Å². The molecule has 8 nitrogen and oxygen atoms in total. The van der Waals surface area contributed by atoms with Gasteiger partial charge in [0, 0.05) is 7.05 Å². The molecule has 27 heavy (non-hydrogen) atoms. The van der Waals surface area contributed by atoms with Crippen molar-refractivity contribution in [2.75, 3.05) is 21.3 Å². The van der Waals surface area contributed by atoms with Crippen LogP contribution in [0.2, 0.25) is 0 Å². The second-order valence-corrected chi connectivity index (χ2v) is 5.66. The van der Waals surface area contributed by atoms with Crippen LogP contribution in [-0.2, 0) is 26.6 Å². The average molecular weight is 489 g/mol. The quantitative estimate of drug-likeness (QED) is 0.336. The highest BCUT2D eigenvalue weighted by Gasteiger charge is 2.15. The fourth-order valence-corrected chi connectivity index (χ4v) is 2.71. The van der Waals surface area contributed by atoms with E-state index in [0.29, 0.717) is 30.5 Å². The van der Waals surface area contributed by atoms with Crippen molar-refractivity contribution in [3.8, 4) is 17.4 Å². The minimum atomic E-state index is 0. The van der Waals surface area contributed by atoms with Crippen molar-refractivity contribution in [3.63, 3.8) is 0 Å². The summed E-state index contributed by atoms with van der Waals surface area (Å²) in [5, 5.41) is 7.57. The Morgan fingerprint density at radius 1 is 1.19 bits per heavy atom. The summed E-state index contributed by atoms with van der Waals surface area (Å²) in [6.07, 6.45) is 0.816. The van der Waals surface area contributed by atoms with Crippen LogP contribution in [0.5, 0.6) is 17.4 Å². The van der Waals surface area contributed by atoms with E-state index in [1.807, 2.05) is 25.2 Å². The lowest BCUT2D eigenvalue weighted by molar-refractivity contribution is 0.354. The van der Waals surface area contributed by atoms with Crippen molar-refractivity contribution in [2.24, 2.45) is 17.8 Å². The summed E-state index contributed by atoms with van der Waals surface area (Å²) >= 11 is 0. The highest BCUT2D eigenvalue weighted by atomic mass is 127. The fourth-order valence-electron chi connectivity index (χ4n) is 2.71. The second-order valence-electron chi connectivity index (χ2n) is 5.66. The van der Waals surface area contributed by atoms with Crippen LogP contribution in [0.25, 0.3) is 0 Å². The molecule has 150 valence electrons. The third kappa shape index (κ3) is 5.65. The number of halogens is 1. The Labute approximate surface area is 177 Å². The number of methoxy groups -OCH3 is 3. The lowest BCUT2D eigenvalue weighted by Crippen LogP contribution is -2.31. The van der Waals surface area contributed by atoms with E-state index in [1.54, 1.807) is 26.0 Å². The standard InChI is InChI=1S/C18H27N5O3.HI/c1-6-14-13(17(26-5)23(2)22-14)11-21-18(19)20-10-12-7-8-15(24-3)16(9-12)25-4;/h7-9H,6,10-11H2,1-5H3,(H3,19,20,21);1H. The molecule has 2 rings (SSSR count). The number of aromatic nitrogens is 2. The molecule has 3 N–H and O–H groups in total. The Morgan fingerprint density at radius 2 is 1.89 bits per heavy atom. The molecule has 0 saturated carbocycles. The zero-order valence-corrected chi connectivity index (χ0v) is 18.7.